The van der Waals surface area contributed by atoms with E-state index in [4.69, 9.17) is 0 Å². The second-order valence-electron chi connectivity index (χ2n) is 4.41. The van der Waals surface area contributed by atoms with Crippen molar-refractivity contribution >= 4 is 28.5 Å². The molecule has 0 radical (unpaired) electrons. The smallest absolute Gasteiger partial charge is 0.358 e. The van der Waals surface area contributed by atoms with Crippen molar-refractivity contribution in [2.45, 2.75) is 6.92 Å². The highest BCUT2D eigenvalue weighted by atomic mass is 16.4. The fourth-order valence-electron chi connectivity index (χ4n) is 2.11. The molecule has 21 heavy (non-hydrogen) atoms. The zero-order valence-corrected chi connectivity index (χ0v) is 11.8. The van der Waals surface area contributed by atoms with Crippen LogP contribution in [0.25, 0.3) is 10.9 Å². The third-order valence-corrected chi connectivity index (χ3v) is 3.16. The van der Waals surface area contributed by atoms with Gasteiger partial charge in [0.25, 0.3) is 0 Å². The van der Waals surface area contributed by atoms with Crippen LogP contribution in [0.15, 0.2) is 24.3 Å². The summed E-state index contributed by atoms with van der Waals surface area (Å²) in [5.74, 6) is -1.37. The topological polar surface area (TPSA) is 95.4 Å². The molecule has 110 valence electrons. The Balaban J connectivity index is 2.64. The van der Waals surface area contributed by atoms with Crippen molar-refractivity contribution in [3.63, 3.8) is 0 Å². The van der Waals surface area contributed by atoms with Crippen LogP contribution in [0, 0.1) is 0 Å². The van der Waals surface area contributed by atoms with Crippen molar-refractivity contribution < 1.29 is 14.7 Å². The summed E-state index contributed by atoms with van der Waals surface area (Å²) < 4.78 is 0. The molecule has 0 spiro atoms. The molecule has 0 unspecified atom stereocenters. The zero-order valence-electron chi connectivity index (χ0n) is 11.8. The Bertz CT molecular complexity index is 687. The Morgan fingerprint density at radius 1 is 1.29 bits per heavy atom. The number of hydrogen-bond acceptors (Lipinski definition) is 5. The average molecular weight is 288 g/mol. The molecule has 7 heteroatoms. The van der Waals surface area contributed by atoms with Crippen LogP contribution in [-0.2, 0) is 4.79 Å². The predicted molar refractivity (Wildman–Crippen MR) is 78.5 cm³/mol. The number of carboxylic acids is 1. The van der Waals surface area contributed by atoms with Gasteiger partial charge in [-0.3, -0.25) is 4.79 Å². The maximum atomic E-state index is 11.6. The van der Waals surface area contributed by atoms with Crippen LogP contribution in [0.5, 0.6) is 0 Å². The number of anilines is 1. The molecule has 7 nitrogen and oxygen atoms in total. The SMILES string of the molecule is CCN(CC(=O)NC)c1c(C(=O)O)nnc2ccccc12. The van der Waals surface area contributed by atoms with Crippen molar-refractivity contribution in [3.8, 4) is 0 Å². The lowest BCUT2D eigenvalue weighted by Crippen LogP contribution is -2.36. The Morgan fingerprint density at radius 2 is 2.00 bits per heavy atom. The molecule has 0 aliphatic carbocycles. The number of rotatable bonds is 5. The summed E-state index contributed by atoms with van der Waals surface area (Å²) in [6.45, 7) is 2.39. The second kappa shape index (κ2) is 6.17. The number of nitrogens with one attached hydrogen (secondary N) is 1. The van der Waals surface area contributed by atoms with E-state index in [9.17, 15) is 14.7 Å². The summed E-state index contributed by atoms with van der Waals surface area (Å²) >= 11 is 0. The molecule has 1 amide bonds. The first-order chi connectivity index (χ1) is 10.1. The van der Waals surface area contributed by atoms with Gasteiger partial charge in [0.05, 0.1) is 17.7 Å². The molecule has 2 N–H and O–H groups in total. The minimum Gasteiger partial charge on any atom is -0.476 e. The number of fused-ring (bicyclic) bond motifs is 1. The van der Waals surface area contributed by atoms with Gasteiger partial charge >= 0.3 is 5.97 Å². The second-order valence-corrected chi connectivity index (χ2v) is 4.41. The van der Waals surface area contributed by atoms with E-state index >= 15 is 0 Å². The van der Waals surface area contributed by atoms with Gasteiger partial charge in [0.1, 0.15) is 0 Å². The van der Waals surface area contributed by atoms with E-state index in [1.165, 1.54) is 7.05 Å². The van der Waals surface area contributed by atoms with E-state index in [1.807, 2.05) is 6.92 Å². The highest BCUT2D eigenvalue weighted by molar-refractivity contribution is 6.03. The molecule has 0 atom stereocenters. The lowest BCUT2D eigenvalue weighted by atomic mass is 10.1. The molecule has 0 saturated heterocycles. The third-order valence-electron chi connectivity index (χ3n) is 3.16. The monoisotopic (exact) mass is 288 g/mol. The quantitative estimate of drug-likeness (QED) is 0.848. The number of aromatic nitrogens is 2. The number of likely N-dealkylation sites (N-methyl/N-ethyl adjacent to an activating group) is 2. The van der Waals surface area contributed by atoms with Crippen LogP contribution in [-0.4, -0.2) is 47.3 Å². The molecule has 0 fully saturated rings. The normalized spacial score (nSPS) is 10.4. The van der Waals surface area contributed by atoms with E-state index < -0.39 is 5.97 Å². The standard InChI is InChI=1S/C14H16N4O3/c1-3-18(8-11(19)15-2)13-9-6-4-5-7-10(9)16-17-12(13)14(20)21/h4-7H,3,8H2,1-2H3,(H,15,19)(H,20,21). The molecule has 1 heterocycles. The van der Waals surface area contributed by atoms with Crippen LogP contribution >= 0.6 is 0 Å². The average Bonchev–Trinajstić information content (AvgIpc) is 2.51. The van der Waals surface area contributed by atoms with Crippen LogP contribution < -0.4 is 10.2 Å². The van der Waals surface area contributed by atoms with Gasteiger partial charge in [0, 0.05) is 19.0 Å². The number of carbonyl (C=O) groups excluding carboxylic acids is 1. The van der Waals surface area contributed by atoms with Crippen LogP contribution in [0.1, 0.15) is 17.4 Å². The predicted octanol–water partition coefficient (Wildman–Crippen LogP) is 0.900. The fraction of sp³-hybridized carbons (Fsp3) is 0.286. The minimum absolute atomic E-state index is 0.0585. The molecule has 0 aliphatic heterocycles. The lowest BCUT2D eigenvalue weighted by Gasteiger charge is -2.24. The minimum atomic E-state index is -1.17. The van der Waals surface area contributed by atoms with Crippen molar-refractivity contribution in [3.05, 3.63) is 30.0 Å². The molecule has 1 aromatic carbocycles. The van der Waals surface area contributed by atoms with E-state index in [-0.39, 0.29) is 18.1 Å². The number of nitrogens with zero attached hydrogens (tertiary/aromatic N) is 3. The Hall–Kier alpha value is -2.70. The van der Waals surface area contributed by atoms with Gasteiger partial charge in [-0.25, -0.2) is 4.79 Å². The number of carbonyl (C=O) groups is 2. The maximum Gasteiger partial charge on any atom is 0.358 e. The molecule has 2 aromatic rings. The van der Waals surface area contributed by atoms with E-state index in [0.29, 0.717) is 23.1 Å². The van der Waals surface area contributed by atoms with Crippen LogP contribution in [0.4, 0.5) is 5.69 Å². The largest absolute Gasteiger partial charge is 0.476 e. The number of benzene rings is 1. The van der Waals surface area contributed by atoms with Gasteiger partial charge in [-0.2, -0.15) is 0 Å². The van der Waals surface area contributed by atoms with E-state index in [1.54, 1.807) is 29.2 Å². The highest BCUT2D eigenvalue weighted by Crippen LogP contribution is 2.28. The number of aromatic carboxylic acids is 1. The molecular formula is C14H16N4O3. The van der Waals surface area contributed by atoms with Crippen LogP contribution in [0.3, 0.4) is 0 Å². The first kappa shape index (κ1) is 14.7. The van der Waals surface area contributed by atoms with E-state index in [2.05, 4.69) is 15.5 Å². The molecule has 0 saturated carbocycles. The molecule has 0 aliphatic rings. The summed E-state index contributed by atoms with van der Waals surface area (Å²) in [6, 6.07) is 7.13. The van der Waals surface area contributed by atoms with Crippen molar-refractivity contribution in [2.24, 2.45) is 0 Å². The lowest BCUT2D eigenvalue weighted by molar-refractivity contribution is -0.119. The van der Waals surface area contributed by atoms with Crippen LogP contribution in [0.2, 0.25) is 0 Å². The van der Waals surface area contributed by atoms with Gasteiger partial charge in [-0.15, -0.1) is 10.2 Å². The number of carboxylic acid groups (broad SMARTS) is 1. The first-order valence-electron chi connectivity index (χ1n) is 6.52. The summed E-state index contributed by atoms with van der Waals surface area (Å²) in [6.07, 6.45) is 0. The molecular weight excluding hydrogens is 272 g/mol. The van der Waals surface area contributed by atoms with Gasteiger partial charge in [0.2, 0.25) is 5.91 Å². The molecule has 0 bridgehead atoms. The maximum absolute atomic E-state index is 11.6. The number of amides is 1. The summed E-state index contributed by atoms with van der Waals surface area (Å²) in [5, 5.41) is 20.2. The fourth-order valence-corrected chi connectivity index (χ4v) is 2.11. The summed E-state index contributed by atoms with van der Waals surface area (Å²) in [4.78, 5) is 24.7. The Labute approximate surface area is 121 Å². The van der Waals surface area contributed by atoms with Crippen molar-refractivity contribution in [1.82, 2.24) is 15.5 Å². The van der Waals surface area contributed by atoms with E-state index in [0.717, 1.165) is 0 Å². The van der Waals surface area contributed by atoms with Crippen molar-refractivity contribution in [2.75, 3.05) is 25.0 Å². The van der Waals surface area contributed by atoms with Gasteiger partial charge < -0.3 is 15.3 Å². The molecule has 2 rings (SSSR count). The van der Waals surface area contributed by atoms with Gasteiger partial charge in [-0.05, 0) is 13.0 Å². The summed E-state index contributed by atoms with van der Waals surface area (Å²) in [7, 11) is 1.54. The Kier molecular flexibility index (Phi) is 4.32. The Morgan fingerprint density at radius 3 is 2.62 bits per heavy atom. The first-order valence-corrected chi connectivity index (χ1v) is 6.52. The third kappa shape index (κ3) is 2.91. The zero-order chi connectivity index (χ0) is 15.4. The molecule has 1 aromatic heterocycles. The van der Waals surface area contributed by atoms with Crippen molar-refractivity contribution in [1.29, 1.82) is 0 Å². The number of hydrogen-bond donors (Lipinski definition) is 2. The van der Waals surface area contributed by atoms with Gasteiger partial charge in [-0.1, -0.05) is 18.2 Å². The summed E-state index contributed by atoms with van der Waals surface area (Å²) in [5.41, 5.74) is 0.853. The van der Waals surface area contributed by atoms with Gasteiger partial charge in [0.15, 0.2) is 5.69 Å². The highest BCUT2D eigenvalue weighted by Gasteiger charge is 2.22.